The fourth-order valence-electron chi connectivity index (χ4n) is 22.1. The monoisotopic (exact) mass is 1790 g/mol. The van der Waals surface area contributed by atoms with Crippen molar-refractivity contribution < 1.29 is 8.83 Å². The van der Waals surface area contributed by atoms with Crippen molar-refractivity contribution in [1.29, 1.82) is 0 Å². The van der Waals surface area contributed by atoms with E-state index in [2.05, 4.69) is 450 Å². The molecule has 0 aliphatic carbocycles. The minimum Gasteiger partial charge on any atom is -0.456 e. The summed E-state index contributed by atoms with van der Waals surface area (Å²) < 4.78 is 29.1. The average molecular weight is 1790 g/mol. The number of hydrogen-bond acceptors (Lipinski definition) is 11. The van der Waals surface area contributed by atoms with Crippen LogP contribution < -0.4 is 41.5 Å². The molecule has 640 valence electrons. The van der Waals surface area contributed by atoms with Crippen LogP contribution in [0.15, 0.2) is 446 Å². The molecule has 0 saturated heterocycles. The van der Waals surface area contributed by atoms with Crippen molar-refractivity contribution in [3.63, 3.8) is 0 Å². The molecule has 18 nitrogen and oxygen atoms in total. The molecular weight excluding hydrogens is 1720 g/mol. The van der Waals surface area contributed by atoms with Crippen molar-refractivity contribution in [2.45, 2.75) is 0 Å². The number of imidazole rings is 6. The number of hydrogen-bond donors (Lipinski definition) is 0. The van der Waals surface area contributed by atoms with Gasteiger partial charge in [0.15, 0.2) is 27.8 Å². The molecular formula is C117H72N16O2Si2. The highest BCUT2D eigenvalue weighted by Crippen LogP contribution is 2.41. The van der Waals surface area contributed by atoms with Gasteiger partial charge < -0.3 is 8.83 Å². The Hall–Kier alpha value is -18.4. The van der Waals surface area contributed by atoms with Crippen molar-refractivity contribution in [3.05, 3.63) is 437 Å². The Morgan fingerprint density at radius 1 is 0.182 bits per heavy atom. The minimum atomic E-state index is -3.24. The fourth-order valence-corrected chi connectivity index (χ4v) is 31.8. The summed E-state index contributed by atoms with van der Waals surface area (Å²) in [5.74, 6) is 4.50. The summed E-state index contributed by atoms with van der Waals surface area (Å²) in [6.45, 7) is 0. The van der Waals surface area contributed by atoms with Crippen LogP contribution in [0.4, 0.5) is 0 Å². The first kappa shape index (κ1) is 76.3. The lowest BCUT2D eigenvalue weighted by molar-refractivity contribution is 0.671. The normalized spacial score (nSPS) is 12.4. The molecule has 0 fully saturated rings. The van der Waals surface area contributed by atoms with E-state index in [4.69, 9.17) is 53.7 Å². The molecule has 0 aliphatic rings. The number of para-hydroxylation sites is 14. The van der Waals surface area contributed by atoms with Gasteiger partial charge in [0.2, 0.25) is 41.1 Å². The van der Waals surface area contributed by atoms with E-state index < -0.39 is 16.1 Å². The van der Waals surface area contributed by atoms with Crippen LogP contribution in [0.2, 0.25) is 0 Å². The molecule has 0 unspecified atom stereocenters. The highest BCUT2D eigenvalue weighted by Gasteiger charge is 2.46. The molecule has 20 heteroatoms. The maximum atomic E-state index is 7.03. The third kappa shape index (κ3) is 11.1. The summed E-state index contributed by atoms with van der Waals surface area (Å²) >= 11 is 0. The van der Waals surface area contributed by atoms with Gasteiger partial charge in [-0.3, -0.25) is 17.8 Å². The topological polar surface area (TPSA) is 175 Å². The van der Waals surface area contributed by atoms with E-state index in [0.717, 1.165) is 170 Å². The molecule has 11 heterocycles. The SMILES string of the molecule is c1ccc([Si](c2ccccc2)(c2ccc(-c3nc(-n4c5ccccc5c5ccccc54)nc(-n4c5ccccc5n5c6cc(-c7ccc8c(c7)nc7n(-c9nc(-c%10ccc([Si](c%11ccccc%11)(c%11ccccc%11)c%11cccc%12c%11oc%11ccccc%11%12)cc%10)nc(-n%10c%11ccccc%11n%11c%12ccccc%12nc%10%11)n9)c9ccccc9n87)ccc6nc45)n3)cc2)c2cccc3c2oc2ccccc23)cc1. The zero-order chi connectivity index (χ0) is 89.7. The average Bonchev–Trinajstić information content (AvgIpc) is 1.71. The summed E-state index contributed by atoms with van der Waals surface area (Å²) in [6.07, 6.45) is 0. The lowest BCUT2D eigenvalue weighted by Crippen LogP contribution is -2.74. The Morgan fingerprint density at radius 2 is 0.489 bits per heavy atom. The highest BCUT2D eigenvalue weighted by atomic mass is 28.3. The Balaban J connectivity index is 0.587. The van der Waals surface area contributed by atoms with E-state index in [9.17, 15) is 0 Å². The van der Waals surface area contributed by atoms with Crippen LogP contribution in [-0.4, -0.2) is 92.5 Å². The third-order valence-corrected chi connectivity index (χ3v) is 37.6. The van der Waals surface area contributed by atoms with E-state index in [0.29, 0.717) is 52.8 Å². The van der Waals surface area contributed by atoms with Crippen molar-refractivity contribution in [2.75, 3.05) is 0 Å². The summed E-state index contributed by atoms with van der Waals surface area (Å²) in [7, 11) is -6.45. The van der Waals surface area contributed by atoms with E-state index in [1.807, 2.05) is 18.2 Å². The standard InChI is InChI=1S/C117H72N16O2Si2/c1-5-31-77(32-6-1)136(78-33-7-2-8-34-78,105-57-29-43-87-85-41-15-27-55-103(85)134-107(87)105)81-65-59-73(60-66-81)109-121-111(127-92-46-18-13-39-83(92)84-40-14-19-47-93(84)127)125-112(122-109)132-101-54-26-23-51-98(101)130-102-72-76(63-69-90(102)119-116(130)132)75-64-70-95-91(71-75)120-117-129(95)97-50-22-25-53-100(97)133(117)114-124-110(123-113(126-114)131-99-52-24-21-49-96(99)128-94-48-20-17-45-89(94)118-115(128)131)74-61-67-82(68-62-74)137(79-35-9-3-10-36-79,80-37-11-4-12-38-80)106-58-30-44-88-86-42-16-28-56-104(86)135-108(88)106/h1-72H. The highest BCUT2D eigenvalue weighted by molar-refractivity contribution is 7.21. The summed E-state index contributed by atoms with van der Waals surface area (Å²) in [5, 5.41) is 16.0. The first-order chi connectivity index (χ1) is 67.9. The van der Waals surface area contributed by atoms with Gasteiger partial charge in [0, 0.05) is 43.4 Å². The number of aromatic nitrogens is 16. The molecule has 0 aliphatic heterocycles. The molecule has 0 atom stereocenters. The Kier molecular flexibility index (Phi) is 16.5. The first-order valence-electron chi connectivity index (χ1n) is 45.9. The van der Waals surface area contributed by atoms with E-state index in [1.165, 1.54) is 25.9 Å². The smallest absolute Gasteiger partial charge is 0.242 e. The van der Waals surface area contributed by atoms with Crippen LogP contribution in [0.1, 0.15) is 0 Å². The zero-order valence-corrected chi connectivity index (χ0v) is 75.0. The summed E-state index contributed by atoms with van der Waals surface area (Å²) in [5.41, 5.74) is 19.5. The molecule has 137 heavy (non-hydrogen) atoms. The number of fused-ring (bicyclic) bond motifs is 24. The Labute approximate surface area is 781 Å². The van der Waals surface area contributed by atoms with Crippen molar-refractivity contribution in [1.82, 2.24) is 76.3 Å². The number of rotatable bonds is 15. The van der Waals surface area contributed by atoms with Crippen molar-refractivity contribution >= 4 is 207 Å². The second-order valence-corrected chi connectivity index (χ2v) is 42.7. The van der Waals surface area contributed by atoms with Gasteiger partial charge in [0.05, 0.1) is 77.2 Å². The molecule has 11 aromatic heterocycles. The molecule has 0 spiro atoms. The third-order valence-electron chi connectivity index (χ3n) is 28.0. The molecule has 29 aromatic rings. The maximum Gasteiger partial charge on any atom is 0.242 e. The number of nitrogens with zero attached hydrogens (tertiary/aromatic N) is 16. The predicted molar refractivity (Wildman–Crippen MR) is 555 cm³/mol. The van der Waals surface area contributed by atoms with E-state index in [-0.39, 0.29) is 0 Å². The van der Waals surface area contributed by atoms with Gasteiger partial charge in [-0.25, -0.2) is 28.7 Å². The van der Waals surface area contributed by atoms with E-state index >= 15 is 0 Å². The van der Waals surface area contributed by atoms with E-state index in [1.54, 1.807) is 0 Å². The predicted octanol–water partition coefficient (Wildman–Crippen LogP) is 20.9. The van der Waals surface area contributed by atoms with Crippen molar-refractivity contribution in [3.8, 4) is 57.7 Å². The number of furan rings is 2. The quantitative estimate of drug-likeness (QED) is 0.0705. The largest absolute Gasteiger partial charge is 0.456 e. The maximum absolute atomic E-state index is 7.03. The Bertz CT molecular complexity index is 9900. The summed E-state index contributed by atoms with van der Waals surface area (Å²) in [4.78, 5) is 50.3. The van der Waals surface area contributed by atoms with Gasteiger partial charge in [-0.1, -0.05) is 340 Å². The second kappa shape index (κ2) is 29.6. The van der Waals surface area contributed by atoms with Gasteiger partial charge in [0.25, 0.3) is 0 Å². The Morgan fingerprint density at radius 3 is 0.927 bits per heavy atom. The van der Waals surface area contributed by atoms with Crippen LogP contribution in [0, 0.1) is 0 Å². The molecule has 0 amide bonds. The van der Waals surface area contributed by atoms with Gasteiger partial charge in [-0.15, -0.1) is 0 Å². The number of benzene rings is 18. The molecule has 0 N–H and O–H groups in total. The minimum absolute atomic E-state index is 0.372. The van der Waals surface area contributed by atoms with Crippen LogP contribution in [0.25, 0.3) is 207 Å². The zero-order valence-electron chi connectivity index (χ0n) is 73.0. The lowest BCUT2D eigenvalue weighted by Gasteiger charge is -2.34. The first-order valence-corrected chi connectivity index (χ1v) is 49.9. The lowest BCUT2D eigenvalue weighted by atomic mass is 10.0. The molecule has 0 saturated carbocycles. The van der Waals surface area contributed by atoms with Crippen molar-refractivity contribution in [2.24, 2.45) is 0 Å². The molecule has 29 rings (SSSR count). The van der Waals surface area contributed by atoms with Crippen LogP contribution in [0.3, 0.4) is 0 Å². The van der Waals surface area contributed by atoms with Gasteiger partial charge >= 0.3 is 0 Å². The fraction of sp³-hybridized carbons (Fsp3) is 0. The molecule has 0 bridgehead atoms. The van der Waals surface area contributed by atoms with Gasteiger partial charge in [-0.2, -0.15) is 29.9 Å². The molecule has 18 aromatic carbocycles. The summed E-state index contributed by atoms with van der Waals surface area (Å²) in [6, 6.07) is 155. The molecule has 0 radical (unpaired) electrons. The van der Waals surface area contributed by atoms with Crippen LogP contribution in [0.5, 0.6) is 0 Å². The van der Waals surface area contributed by atoms with Crippen LogP contribution >= 0.6 is 0 Å². The van der Waals surface area contributed by atoms with Gasteiger partial charge in [0.1, 0.15) is 22.3 Å². The van der Waals surface area contributed by atoms with Gasteiger partial charge in [-0.05, 0) is 150 Å². The van der Waals surface area contributed by atoms with Crippen LogP contribution in [-0.2, 0) is 0 Å². The second-order valence-electron chi connectivity index (χ2n) is 35.2.